The molecule has 1 heterocycles. The van der Waals surface area contributed by atoms with Crippen molar-refractivity contribution >= 4 is 5.69 Å². The number of likely N-dealkylation sites (tertiary alicyclic amines) is 1. The van der Waals surface area contributed by atoms with Gasteiger partial charge in [-0.1, -0.05) is 12.1 Å². The Kier molecular flexibility index (Phi) is 3.71. The summed E-state index contributed by atoms with van der Waals surface area (Å²) in [4.78, 5) is 12.3. The molecule has 0 spiro atoms. The van der Waals surface area contributed by atoms with Gasteiger partial charge in [-0.05, 0) is 24.9 Å². The van der Waals surface area contributed by atoms with Gasteiger partial charge in [-0.15, -0.1) is 0 Å². The maximum Gasteiger partial charge on any atom is 0.269 e. The second kappa shape index (κ2) is 5.25. The van der Waals surface area contributed by atoms with Crippen molar-refractivity contribution in [1.82, 2.24) is 4.90 Å². The first-order valence-corrected chi connectivity index (χ1v) is 5.79. The number of rotatable bonds is 3. The molecule has 0 aromatic heterocycles. The molecule has 0 saturated carbocycles. The number of nitro benzene ring substituents is 1. The van der Waals surface area contributed by atoms with Crippen molar-refractivity contribution in [3.63, 3.8) is 0 Å². The fourth-order valence-electron chi connectivity index (χ4n) is 2.16. The van der Waals surface area contributed by atoms with E-state index in [1.54, 1.807) is 12.1 Å². The van der Waals surface area contributed by atoms with E-state index in [1.165, 1.54) is 12.1 Å². The minimum atomic E-state index is -0.394. The van der Waals surface area contributed by atoms with E-state index in [-0.39, 0.29) is 11.8 Å². The summed E-state index contributed by atoms with van der Waals surface area (Å²) in [7, 11) is 0. The molecule has 1 aromatic carbocycles. The molecule has 0 aliphatic carbocycles. The van der Waals surface area contributed by atoms with Crippen molar-refractivity contribution in [1.29, 1.82) is 0 Å². The van der Waals surface area contributed by atoms with Gasteiger partial charge in [0.2, 0.25) is 0 Å². The highest BCUT2D eigenvalue weighted by atomic mass is 16.6. The van der Waals surface area contributed by atoms with Gasteiger partial charge in [0.05, 0.1) is 11.0 Å². The van der Waals surface area contributed by atoms with Crippen LogP contribution < -0.4 is 0 Å². The molecule has 1 aliphatic heterocycles. The first-order valence-electron chi connectivity index (χ1n) is 5.79. The summed E-state index contributed by atoms with van der Waals surface area (Å²) in [5.41, 5.74) is 1.16. The molecule has 1 aliphatic rings. The molecule has 0 radical (unpaired) electrons. The standard InChI is InChI=1S/C12H16N2O3/c15-12-2-1-7-13(9-12)8-10-3-5-11(6-4-10)14(16)17/h3-6,12,15H,1-2,7-9H2/t12-/m1/s1. The number of aliphatic hydroxyl groups is 1. The Hall–Kier alpha value is -1.46. The average Bonchev–Trinajstić information content (AvgIpc) is 2.29. The Bertz CT molecular complexity index is 391. The predicted molar refractivity (Wildman–Crippen MR) is 63.6 cm³/mol. The molecular weight excluding hydrogens is 220 g/mol. The van der Waals surface area contributed by atoms with Crippen LogP contribution in [0.4, 0.5) is 5.69 Å². The minimum absolute atomic E-state index is 0.118. The third-order valence-corrected chi connectivity index (χ3v) is 3.03. The van der Waals surface area contributed by atoms with Gasteiger partial charge in [0.25, 0.3) is 5.69 Å². The molecule has 17 heavy (non-hydrogen) atoms. The summed E-state index contributed by atoms with van der Waals surface area (Å²) in [5.74, 6) is 0. The van der Waals surface area contributed by atoms with Crippen LogP contribution in [0.2, 0.25) is 0 Å². The maximum atomic E-state index is 10.5. The summed E-state index contributed by atoms with van der Waals surface area (Å²) in [6.45, 7) is 2.42. The summed E-state index contributed by atoms with van der Waals surface area (Å²) in [6, 6.07) is 6.60. The first-order chi connectivity index (χ1) is 8.15. The molecular formula is C12H16N2O3. The van der Waals surface area contributed by atoms with Crippen molar-refractivity contribution < 1.29 is 10.0 Å². The summed E-state index contributed by atoms with van der Waals surface area (Å²) in [6.07, 6.45) is 1.65. The van der Waals surface area contributed by atoms with E-state index < -0.39 is 4.92 Å². The van der Waals surface area contributed by atoms with E-state index in [9.17, 15) is 15.2 Å². The highest BCUT2D eigenvalue weighted by Gasteiger charge is 2.17. The van der Waals surface area contributed by atoms with Gasteiger partial charge >= 0.3 is 0 Å². The monoisotopic (exact) mass is 236 g/mol. The smallest absolute Gasteiger partial charge is 0.269 e. The zero-order valence-electron chi connectivity index (χ0n) is 9.58. The number of nitro groups is 1. The molecule has 1 aromatic rings. The third kappa shape index (κ3) is 3.25. The molecule has 2 rings (SSSR count). The second-order valence-electron chi connectivity index (χ2n) is 4.45. The third-order valence-electron chi connectivity index (χ3n) is 3.03. The minimum Gasteiger partial charge on any atom is -0.392 e. The molecule has 5 nitrogen and oxygen atoms in total. The highest BCUT2D eigenvalue weighted by Crippen LogP contribution is 2.16. The highest BCUT2D eigenvalue weighted by molar-refractivity contribution is 5.32. The van der Waals surface area contributed by atoms with Gasteiger partial charge in [-0.2, -0.15) is 0 Å². The van der Waals surface area contributed by atoms with Gasteiger partial charge < -0.3 is 5.11 Å². The summed E-state index contributed by atoms with van der Waals surface area (Å²) in [5, 5.41) is 20.1. The van der Waals surface area contributed by atoms with Crippen molar-refractivity contribution in [2.45, 2.75) is 25.5 Å². The van der Waals surface area contributed by atoms with Crippen LogP contribution in [0.5, 0.6) is 0 Å². The molecule has 1 atom stereocenters. The summed E-state index contributed by atoms with van der Waals surface area (Å²) < 4.78 is 0. The molecule has 0 unspecified atom stereocenters. The van der Waals surface area contributed by atoms with Crippen LogP contribution in [0.1, 0.15) is 18.4 Å². The topological polar surface area (TPSA) is 66.6 Å². The SMILES string of the molecule is O=[N+]([O-])c1ccc(CN2CCC[C@@H](O)C2)cc1. The van der Waals surface area contributed by atoms with Gasteiger partial charge in [-0.25, -0.2) is 0 Å². The normalized spacial score (nSPS) is 21.4. The van der Waals surface area contributed by atoms with Crippen LogP contribution in [-0.4, -0.2) is 34.1 Å². The lowest BCUT2D eigenvalue weighted by molar-refractivity contribution is -0.384. The first kappa shape index (κ1) is 12.0. The largest absolute Gasteiger partial charge is 0.392 e. The molecule has 92 valence electrons. The number of β-amino-alcohol motifs (C(OH)–C–C–N with tert-alkyl or cyclic N) is 1. The Morgan fingerprint density at radius 1 is 1.41 bits per heavy atom. The van der Waals surface area contributed by atoms with Crippen LogP contribution in [0, 0.1) is 10.1 Å². The molecule has 1 saturated heterocycles. The lowest BCUT2D eigenvalue weighted by Gasteiger charge is -2.29. The van der Waals surface area contributed by atoms with Crippen molar-refractivity contribution in [3.8, 4) is 0 Å². The van der Waals surface area contributed by atoms with Crippen LogP contribution in [0.15, 0.2) is 24.3 Å². The van der Waals surface area contributed by atoms with E-state index in [0.29, 0.717) is 6.54 Å². The van der Waals surface area contributed by atoms with E-state index in [1.807, 2.05) is 0 Å². The van der Waals surface area contributed by atoms with Crippen molar-refractivity contribution in [3.05, 3.63) is 39.9 Å². The number of hydrogen-bond acceptors (Lipinski definition) is 4. The number of non-ortho nitro benzene ring substituents is 1. The molecule has 5 heteroatoms. The maximum absolute atomic E-state index is 10.5. The van der Waals surface area contributed by atoms with Gasteiger partial charge in [0.15, 0.2) is 0 Å². The molecule has 1 N–H and O–H groups in total. The summed E-state index contributed by atoms with van der Waals surface area (Å²) >= 11 is 0. The molecule has 1 fully saturated rings. The lowest BCUT2D eigenvalue weighted by Crippen LogP contribution is -2.37. The van der Waals surface area contributed by atoms with E-state index >= 15 is 0 Å². The van der Waals surface area contributed by atoms with Crippen molar-refractivity contribution in [2.75, 3.05) is 13.1 Å². The molecule has 0 amide bonds. The van der Waals surface area contributed by atoms with Crippen LogP contribution in [-0.2, 0) is 6.54 Å². The van der Waals surface area contributed by atoms with Crippen LogP contribution >= 0.6 is 0 Å². The average molecular weight is 236 g/mol. The number of aliphatic hydroxyl groups excluding tert-OH is 1. The number of benzene rings is 1. The Morgan fingerprint density at radius 3 is 2.71 bits per heavy atom. The Balaban J connectivity index is 1.96. The van der Waals surface area contributed by atoms with Crippen LogP contribution in [0.3, 0.4) is 0 Å². The fraction of sp³-hybridized carbons (Fsp3) is 0.500. The number of hydrogen-bond donors (Lipinski definition) is 1. The zero-order valence-corrected chi connectivity index (χ0v) is 9.58. The second-order valence-corrected chi connectivity index (χ2v) is 4.45. The predicted octanol–water partition coefficient (Wildman–Crippen LogP) is 1.55. The van der Waals surface area contributed by atoms with Gasteiger partial charge in [-0.3, -0.25) is 15.0 Å². The Morgan fingerprint density at radius 2 is 2.12 bits per heavy atom. The zero-order chi connectivity index (χ0) is 12.3. The van der Waals surface area contributed by atoms with E-state index in [2.05, 4.69) is 4.90 Å². The van der Waals surface area contributed by atoms with Gasteiger partial charge in [0, 0.05) is 25.2 Å². The number of piperidine rings is 1. The lowest BCUT2D eigenvalue weighted by atomic mass is 10.1. The molecule has 0 bridgehead atoms. The fourth-order valence-corrected chi connectivity index (χ4v) is 2.16. The van der Waals surface area contributed by atoms with Crippen LogP contribution in [0.25, 0.3) is 0 Å². The van der Waals surface area contributed by atoms with Gasteiger partial charge in [0.1, 0.15) is 0 Å². The Labute approximate surface area is 99.8 Å². The quantitative estimate of drug-likeness (QED) is 0.638. The van der Waals surface area contributed by atoms with Crippen molar-refractivity contribution in [2.24, 2.45) is 0 Å². The van der Waals surface area contributed by atoms with E-state index in [0.717, 1.165) is 31.5 Å². The van der Waals surface area contributed by atoms with E-state index in [4.69, 9.17) is 0 Å². The number of nitrogens with zero attached hydrogens (tertiary/aromatic N) is 2.